The van der Waals surface area contributed by atoms with E-state index in [1.807, 2.05) is 73.7 Å². The summed E-state index contributed by atoms with van der Waals surface area (Å²) in [4.78, 5) is 4.59. The van der Waals surface area contributed by atoms with Gasteiger partial charge in [-0.05, 0) is 90.7 Å². The van der Waals surface area contributed by atoms with E-state index in [1.165, 1.54) is 6.07 Å². The zero-order valence-electron chi connectivity index (χ0n) is 30.2. The highest BCUT2D eigenvalue weighted by Crippen LogP contribution is 2.43. The molecule has 0 radical (unpaired) electrons. The first-order valence-electron chi connectivity index (χ1n) is 17.6. The molecule has 10 heteroatoms. The summed E-state index contributed by atoms with van der Waals surface area (Å²) in [6.45, 7) is 4.36. The number of aromatic nitrogens is 1. The van der Waals surface area contributed by atoms with Crippen molar-refractivity contribution in [1.29, 1.82) is 0 Å². The molecule has 272 valence electrons. The molecule has 0 saturated heterocycles. The molecule has 0 unspecified atom stereocenters. The minimum atomic E-state index is -4.51. The minimum Gasteiger partial charge on any atom is -0.490 e. The van der Waals surface area contributed by atoms with Crippen LogP contribution in [0.2, 0.25) is 0 Å². The van der Waals surface area contributed by atoms with Crippen LogP contribution in [0.25, 0.3) is 27.7 Å². The molecule has 0 aliphatic heterocycles. The van der Waals surface area contributed by atoms with Crippen molar-refractivity contribution in [2.75, 3.05) is 24.3 Å². The van der Waals surface area contributed by atoms with Crippen LogP contribution < -0.4 is 20.5 Å². The fourth-order valence-electron chi connectivity index (χ4n) is 6.80. The molecule has 0 amide bonds. The molecule has 0 fully saturated rings. The van der Waals surface area contributed by atoms with Gasteiger partial charge in [-0.15, -0.1) is 0 Å². The third kappa shape index (κ3) is 7.17. The molecule has 1 aliphatic carbocycles. The van der Waals surface area contributed by atoms with Crippen molar-refractivity contribution in [2.45, 2.75) is 18.7 Å². The van der Waals surface area contributed by atoms with Crippen molar-refractivity contribution >= 4 is 55.1 Å². The molecule has 1 aromatic heterocycles. The molecule has 5 aromatic carbocycles. The fraction of sp³-hybridized carbons (Fsp3) is 0.114. The molecule has 0 atom stereocenters. The fourth-order valence-corrected chi connectivity index (χ4v) is 7.45. The Morgan fingerprint density at radius 1 is 0.778 bits per heavy atom. The number of para-hydroxylation sites is 3. The second kappa shape index (κ2) is 15.3. The Balaban J connectivity index is 1.38. The van der Waals surface area contributed by atoms with E-state index < -0.39 is 10.1 Å². The second-order valence-corrected chi connectivity index (χ2v) is 14.0. The highest BCUT2D eigenvalue weighted by atomic mass is 32.2. The number of anilines is 3. The number of nitrogens with zero attached hydrogens (tertiary/aromatic N) is 2. The van der Waals surface area contributed by atoms with Gasteiger partial charge in [-0.2, -0.15) is 8.42 Å². The number of allylic oxidation sites excluding steroid dienone is 5. The maximum absolute atomic E-state index is 12.1. The summed E-state index contributed by atoms with van der Waals surface area (Å²) in [7, 11) is -2.41. The van der Waals surface area contributed by atoms with Crippen molar-refractivity contribution in [3.63, 3.8) is 0 Å². The van der Waals surface area contributed by atoms with Crippen molar-refractivity contribution < 1.29 is 22.4 Å². The lowest BCUT2D eigenvalue weighted by molar-refractivity contribution is 0.331. The normalized spacial score (nSPS) is 12.6. The van der Waals surface area contributed by atoms with Crippen LogP contribution in [0.1, 0.15) is 25.0 Å². The summed E-state index contributed by atoms with van der Waals surface area (Å²) >= 11 is 0. The van der Waals surface area contributed by atoms with Crippen LogP contribution >= 0.6 is 0 Å². The van der Waals surface area contributed by atoms with E-state index in [2.05, 4.69) is 65.5 Å². The van der Waals surface area contributed by atoms with E-state index in [9.17, 15) is 13.0 Å². The Kier molecular flexibility index (Phi) is 10.2. The molecule has 1 aliphatic rings. The second-order valence-electron chi connectivity index (χ2n) is 12.6. The van der Waals surface area contributed by atoms with Crippen LogP contribution in [0.3, 0.4) is 0 Å². The number of rotatable bonds is 11. The summed E-state index contributed by atoms with van der Waals surface area (Å²) in [6, 6.07) is 36.9. The van der Waals surface area contributed by atoms with Crippen molar-refractivity contribution in [3.05, 3.63) is 156 Å². The van der Waals surface area contributed by atoms with Crippen LogP contribution in [-0.4, -0.2) is 36.5 Å². The maximum Gasteiger partial charge on any atom is 0.298 e. The number of fused-ring (bicyclic) bond motifs is 1. The predicted octanol–water partition coefficient (Wildman–Crippen LogP) is 9.92. The van der Waals surface area contributed by atoms with Gasteiger partial charge in [0.05, 0.1) is 36.0 Å². The molecular formula is C44H40N4O5S. The van der Waals surface area contributed by atoms with Crippen LogP contribution in [0, 0.1) is 0 Å². The van der Waals surface area contributed by atoms with E-state index in [0.717, 1.165) is 50.1 Å². The van der Waals surface area contributed by atoms with E-state index in [-0.39, 0.29) is 17.3 Å². The first kappa shape index (κ1) is 36.0. The lowest BCUT2D eigenvalue weighted by Crippen LogP contribution is -2.06. The smallest absolute Gasteiger partial charge is 0.298 e. The van der Waals surface area contributed by atoms with Crippen LogP contribution in [0.4, 0.5) is 22.7 Å². The standard InChI is InChI=1S/C44H40N4O5S/c1-4-52-43-35(45)16-11-17-36(43)46-32-25-21-29(22-26-32)40(41-34-15-9-10-19-38(34)48(3)42(41)31-13-7-6-8-14-31)30-23-27-33(28-24-30)47-37-18-12-20-39(54(49,50)51)44(37)53-5-2/h6-28,47H,4-5,45H2,1-3H3,(H,49,50,51). The molecule has 7 rings (SSSR count). The topological polar surface area (TPSA) is 128 Å². The van der Waals surface area contributed by atoms with Gasteiger partial charge in [-0.3, -0.25) is 4.55 Å². The number of nitrogens with one attached hydrogen (secondary N) is 1. The van der Waals surface area contributed by atoms with Gasteiger partial charge in [-0.1, -0.05) is 84.9 Å². The molecule has 6 aromatic rings. The number of benzene rings is 5. The number of ether oxygens (including phenoxy) is 2. The van der Waals surface area contributed by atoms with Gasteiger partial charge in [-0.25, -0.2) is 4.99 Å². The zero-order valence-corrected chi connectivity index (χ0v) is 31.0. The molecular weight excluding hydrogens is 697 g/mol. The first-order valence-corrected chi connectivity index (χ1v) is 19.1. The highest BCUT2D eigenvalue weighted by molar-refractivity contribution is 7.86. The number of hydrogen-bond donors (Lipinski definition) is 3. The Hall–Kier alpha value is -6.36. The summed E-state index contributed by atoms with van der Waals surface area (Å²) in [5, 5.41) is 4.39. The first-order chi connectivity index (χ1) is 26.2. The average Bonchev–Trinajstić information content (AvgIpc) is 3.46. The van der Waals surface area contributed by atoms with Crippen molar-refractivity contribution in [3.8, 4) is 22.8 Å². The zero-order chi connectivity index (χ0) is 37.8. The van der Waals surface area contributed by atoms with Gasteiger partial charge in [0.25, 0.3) is 10.1 Å². The van der Waals surface area contributed by atoms with Crippen LogP contribution in [0.5, 0.6) is 11.5 Å². The van der Waals surface area contributed by atoms with Crippen molar-refractivity contribution in [1.82, 2.24) is 4.57 Å². The molecule has 4 N–H and O–H groups in total. The summed E-state index contributed by atoms with van der Waals surface area (Å²) in [5.74, 6) is 0.616. The highest BCUT2D eigenvalue weighted by Gasteiger charge is 2.24. The van der Waals surface area contributed by atoms with E-state index in [4.69, 9.17) is 20.2 Å². The van der Waals surface area contributed by atoms with Gasteiger partial charge in [0, 0.05) is 29.2 Å². The molecule has 54 heavy (non-hydrogen) atoms. The van der Waals surface area contributed by atoms with E-state index in [1.54, 1.807) is 25.1 Å². The van der Waals surface area contributed by atoms with Gasteiger partial charge in [0.2, 0.25) is 0 Å². The number of nitrogen functional groups attached to an aromatic ring is 1. The summed E-state index contributed by atoms with van der Waals surface area (Å²) < 4.78 is 47.9. The van der Waals surface area contributed by atoms with Gasteiger partial charge in [0.1, 0.15) is 10.6 Å². The third-order valence-corrected chi connectivity index (χ3v) is 10.00. The van der Waals surface area contributed by atoms with E-state index >= 15 is 0 Å². The minimum absolute atomic E-state index is 0.0548. The summed E-state index contributed by atoms with van der Waals surface area (Å²) in [6.07, 6.45) is 8.15. The Bertz CT molecular complexity index is 2570. The molecule has 9 nitrogen and oxygen atoms in total. The quantitative estimate of drug-likeness (QED) is 0.0892. The molecule has 1 heterocycles. The van der Waals surface area contributed by atoms with Crippen LogP contribution in [0.15, 0.2) is 155 Å². The Morgan fingerprint density at radius 2 is 1.44 bits per heavy atom. The van der Waals surface area contributed by atoms with Crippen molar-refractivity contribution in [2.24, 2.45) is 12.0 Å². The summed E-state index contributed by atoms with van der Waals surface area (Å²) in [5.41, 5.74) is 16.6. The number of hydrogen-bond acceptors (Lipinski definition) is 7. The third-order valence-electron chi connectivity index (χ3n) is 9.12. The van der Waals surface area contributed by atoms with E-state index in [0.29, 0.717) is 35.1 Å². The SMILES string of the molecule is CCOc1c(N)cccc1N=C1C=CC(=C(c2ccc(Nc3cccc(S(=O)(=O)O)c3OCC)cc2)c2c(-c3ccccc3)n(C)c3ccccc23)C=C1. The van der Waals surface area contributed by atoms with Gasteiger partial charge >= 0.3 is 0 Å². The van der Waals surface area contributed by atoms with Gasteiger partial charge in [0.15, 0.2) is 11.5 Å². The molecule has 0 spiro atoms. The lowest BCUT2D eigenvalue weighted by atomic mass is 9.87. The Morgan fingerprint density at radius 3 is 2.15 bits per heavy atom. The Labute approximate surface area is 315 Å². The maximum atomic E-state index is 12.1. The molecule has 0 saturated carbocycles. The monoisotopic (exact) mass is 736 g/mol. The lowest BCUT2D eigenvalue weighted by Gasteiger charge is -2.18. The largest absolute Gasteiger partial charge is 0.490 e. The number of aryl methyl sites for hydroxylation is 1. The average molecular weight is 737 g/mol. The van der Waals surface area contributed by atoms with Gasteiger partial charge < -0.3 is 25.1 Å². The van der Waals surface area contributed by atoms with Crippen LogP contribution in [-0.2, 0) is 17.2 Å². The number of nitrogens with two attached hydrogens (primary N) is 1. The predicted molar refractivity (Wildman–Crippen MR) is 219 cm³/mol. The number of aliphatic imine (C=N–C) groups is 1. The molecule has 0 bridgehead atoms.